The zero-order valence-corrected chi connectivity index (χ0v) is 9.69. The van der Waals surface area contributed by atoms with E-state index in [4.69, 9.17) is 0 Å². The van der Waals surface area contributed by atoms with Crippen molar-refractivity contribution in [2.75, 3.05) is 18.4 Å². The molecule has 1 unspecified atom stereocenters. The molecule has 0 radical (unpaired) electrons. The highest BCUT2D eigenvalue weighted by atomic mass is 15.0. The van der Waals surface area contributed by atoms with Gasteiger partial charge in [0.2, 0.25) is 0 Å². The highest BCUT2D eigenvalue weighted by Crippen LogP contribution is 2.17. The molecule has 0 spiro atoms. The van der Waals surface area contributed by atoms with Crippen molar-refractivity contribution < 1.29 is 0 Å². The Balaban J connectivity index is 1.80. The molecule has 4 heteroatoms. The summed E-state index contributed by atoms with van der Waals surface area (Å²) in [4.78, 5) is 8.58. The lowest BCUT2D eigenvalue weighted by Crippen LogP contribution is -2.38. The number of anilines is 1. The van der Waals surface area contributed by atoms with E-state index in [1.54, 1.807) is 12.4 Å². The summed E-state index contributed by atoms with van der Waals surface area (Å²) in [5.74, 6) is 0. The second kappa shape index (κ2) is 4.67. The van der Waals surface area contributed by atoms with Gasteiger partial charge in [0.15, 0.2) is 0 Å². The standard InChI is InChI=1S/C13H16N4/c1-2-11(9-14-5-1)17-10-3-4-12-13(8-10)16-7-6-15-12/h3-4,6-8,11,14,17H,1-2,5,9H2. The Bertz CT molecular complexity index is 506. The van der Waals surface area contributed by atoms with Crippen molar-refractivity contribution in [1.82, 2.24) is 15.3 Å². The van der Waals surface area contributed by atoms with Crippen LogP contribution in [0, 0.1) is 0 Å². The van der Waals surface area contributed by atoms with Gasteiger partial charge in [-0.05, 0) is 37.6 Å². The number of rotatable bonds is 2. The van der Waals surface area contributed by atoms with E-state index in [0.29, 0.717) is 6.04 Å². The van der Waals surface area contributed by atoms with Crippen LogP contribution in [-0.2, 0) is 0 Å². The maximum Gasteiger partial charge on any atom is 0.0907 e. The SMILES string of the molecule is c1cnc2cc(NC3CCCNC3)ccc2n1. The zero-order chi connectivity index (χ0) is 11.5. The van der Waals surface area contributed by atoms with Gasteiger partial charge in [0.25, 0.3) is 0 Å². The van der Waals surface area contributed by atoms with Crippen molar-refractivity contribution in [2.45, 2.75) is 18.9 Å². The summed E-state index contributed by atoms with van der Waals surface area (Å²) in [6, 6.07) is 6.68. The maximum absolute atomic E-state index is 4.32. The molecule has 0 saturated carbocycles. The molecular formula is C13H16N4. The van der Waals surface area contributed by atoms with Crippen LogP contribution in [0.2, 0.25) is 0 Å². The van der Waals surface area contributed by atoms with Crippen molar-refractivity contribution in [3.63, 3.8) is 0 Å². The first-order chi connectivity index (χ1) is 8.42. The average molecular weight is 228 g/mol. The fourth-order valence-corrected chi connectivity index (χ4v) is 2.26. The summed E-state index contributed by atoms with van der Waals surface area (Å²) < 4.78 is 0. The lowest BCUT2D eigenvalue weighted by atomic mass is 10.1. The summed E-state index contributed by atoms with van der Waals surface area (Å²) in [6.07, 6.45) is 5.92. The quantitative estimate of drug-likeness (QED) is 0.823. The fourth-order valence-electron chi connectivity index (χ4n) is 2.26. The van der Waals surface area contributed by atoms with Crippen LogP contribution in [0.25, 0.3) is 11.0 Å². The van der Waals surface area contributed by atoms with Gasteiger partial charge in [-0.3, -0.25) is 9.97 Å². The molecule has 4 nitrogen and oxygen atoms in total. The average Bonchev–Trinajstić information content (AvgIpc) is 2.40. The molecule has 0 amide bonds. The van der Waals surface area contributed by atoms with E-state index in [1.807, 2.05) is 6.07 Å². The number of fused-ring (bicyclic) bond motifs is 1. The highest BCUT2D eigenvalue weighted by molar-refractivity contribution is 5.78. The van der Waals surface area contributed by atoms with Crippen LogP contribution in [0.5, 0.6) is 0 Å². The molecule has 0 aliphatic carbocycles. The lowest BCUT2D eigenvalue weighted by molar-refractivity contribution is 0.480. The second-order valence-electron chi connectivity index (χ2n) is 4.45. The van der Waals surface area contributed by atoms with Crippen LogP contribution < -0.4 is 10.6 Å². The minimum Gasteiger partial charge on any atom is -0.381 e. The molecule has 17 heavy (non-hydrogen) atoms. The van der Waals surface area contributed by atoms with Crippen LogP contribution >= 0.6 is 0 Å². The molecule has 2 aromatic rings. The van der Waals surface area contributed by atoms with Gasteiger partial charge in [-0.1, -0.05) is 0 Å². The van der Waals surface area contributed by atoms with Crippen molar-refractivity contribution in [3.05, 3.63) is 30.6 Å². The predicted molar refractivity (Wildman–Crippen MR) is 69.1 cm³/mol. The molecule has 1 aromatic carbocycles. The molecule has 3 rings (SSSR count). The van der Waals surface area contributed by atoms with Crippen LogP contribution in [0.4, 0.5) is 5.69 Å². The van der Waals surface area contributed by atoms with Crippen LogP contribution in [0.1, 0.15) is 12.8 Å². The number of nitrogens with one attached hydrogen (secondary N) is 2. The maximum atomic E-state index is 4.32. The number of aromatic nitrogens is 2. The molecular weight excluding hydrogens is 212 g/mol. The first-order valence-corrected chi connectivity index (χ1v) is 6.10. The summed E-state index contributed by atoms with van der Waals surface area (Å²) in [5, 5.41) is 6.94. The molecule has 1 atom stereocenters. The van der Waals surface area contributed by atoms with Crippen molar-refractivity contribution in [1.29, 1.82) is 0 Å². The van der Waals surface area contributed by atoms with Crippen LogP contribution in [0.3, 0.4) is 0 Å². The van der Waals surface area contributed by atoms with Gasteiger partial charge >= 0.3 is 0 Å². The van der Waals surface area contributed by atoms with Gasteiger partial charge in [0.05, 0.1) is 11.0 Å². The lowest BCUT2D eigenvalue weighted by Gasteiger charge is -2.24. The second-order valence-corrected chi connectivity index (χ2v) is 4.45. The monoisotopic (exact) mass is 228 g/mol. The van der Waals surface area contributed by atoms with E-state index in [0.717, 1.165) is 29.8 Å². The van der Waals surface area contributed by atoms with Gasteiger partial charge in [-0.15, -0.1) is 0 Å². The van der Waals surface area contributed by atoms with Crippen LogP contribution in [-0.4, -0.2) is 29.1 Å². The van der Waals surface area contributed by atoms with Gasteiger partial charge in [-0.25, -0.2) is 0 Å². The summed E-state index contributed by atoms with van der Waals surface area (Å²) in [6.45, 7) is 2.18. The van der Waals surface area contributed by atoms with Crippen molar-refractivity contribution >= 4 is 16.7 Å². The Hall–Kier alpha value is -1.68. The first kappa shape index (κ1) is 10.5. The van der Waals surface area contributed by atoms with Gasteiger partial charge in [0.1, 0.15) is 0 Å². The number of nitrogens with zero attached hydrogens (tertiary/aromatic N) is 2. The minimum absolute atomic E-state index is 0.526. The molecule has 1 saturated heterocycles. The smallest absolute Gasteiger partial charge is 0.0907 e. The largest absolute Gasteiger partial charge is 0.381 e. The third-order valence-corrected chi connectivity index (χ3v) is 3.14. The number of piperidine rings is 1. The minimum atomic E-state index is 0.526. The number of hydrogen-bond acceptors (Lipinski definition) is 4. The molecule has 2 heterocycles. The van der Waals surface area contributed by atoms with Crippen molar-refractivity contribution in [2.24, 2.45) is 0 Å². The normalized spacial score (nSPS) is 20.4. The molecule has 2 N–H and O–H groups in total. The molecule has 1 aliphatic rings. The predicted octanol–water partition coefficient (Wildman–Crippen LogP) is 1.79. The Morgan fingerprint density at radius 1 is 1.18 bits per heavy atom. The fraction of sp³-hybridized carbons (Fsp3) is 0.385. The third-order valence-electron chi connectivity index (χ3n) is 3.14. The van der Waals surface area contributed by atoms with E-state index in [2.05, 4.69) is 32.7 Å². The Labute approximate surface area is 100 Å². The summed E-state index contributed by atoms with van der Waals surface area (Å²) in [7, 11) is 0. The van der Waals surface area contributed by atoms with Gasteiger partial charge < -0.3 is 10.6 Å². The molecule has 1 aliphatic heterocycles. The van der Waals surface area contributed by atoms with E-state index in [1.165, 1.54) is 12.8 Å². The first-order valence-electron chi connectivity index (χ1n) is 6.10. The zero-order valence-electron chi connectivity index (χ0n) is 9.69. The Kier molecular flexibility index (Phi) is 2.88. The summed E-state index contributed by atoms with van der Waals surface area (Å²) in [5.41, 5.74) is 3.02. The Morgan fingerprint density at radius 2 is 2.06 bits per heavy atom. The third kappa shape index (κ3) is 2.36. The van der Waals surface area contributed by atoms with E-state index < -0.39 is 0 Å². The molecule has 0 bridgehead atoms. The molecule has 88 valence electrons. The number of benzene rings is 1. The Morgan fingerprint density at radius 3 is 2.88 bits per heavy atom. The molecule has 1 fully saturated rings. The van der Waals surface area contributed by atoms with E-state index in [9.17, 15) is 0 Å². The van der Waals surface area contributed by atoms with E-state index in [-0.39, 0.29) is 0 Å². The van der Waals surface area contributed by atoms with E-state index >= 15 is 0 Å². The topological polar surface area (TPSA) is 49.8 Å². The highest BCUT2D eigenvalue weighted by Gasteiger charge is 2.12. The van der Waals surface area contributed by atoms with Crippen LogP contribution in [0.15, 0.2) is 30.6 Å². The van der Waals surface area contributed by atoms with Gasteiger partial charge in [-0.2, -0.15) is 0 Å². The number of hydrogen-bond donors (Lipinski definition) is 2. The van der Waals surface area contributed by atoms with Gasteiger partial charge in [0, 0.05) is 30.7 Å². The van der Waals surface area contributed by atoms with Crippen molar-refractivity contribution in [3.8, 4) is 0 Å². The molecule has 1 aromatic heterocycles. The summed E-state index contributed by atoms with van der Waals surface area (Å²) >= 11 is 0.